The smallest absolute Gasteiger partial charge is 0.357 e. The van der Waals surface area contributed by atoms with Gasteiger partial charge in [0.15, 0.2) is 11.5 Å². The minimum atomic E-state index is -1.08. The third-order valence-corrected chi connectivity index (χ3v) is 5.24. The zero-order valence-corrected chi connectivity index (χ0v) is 19.2. The molecule has 0 spiro atoms. The van der Waals surface area contributed by atoms with E-state index in [0.717, 1.165) is 10.0 Å². The molecule has 31 heavy (non-hydrogen) atoms. The Balaban J connectivity index is 1.90. The summed E-state index contributed by atoms with van der Waals surface area (Å²) in [4.78, 5) is 37.6. The van der Waals surface area contributed by atoms with E-state index >= 15 is 0 Å². The van der Waals surface area contributed by atoms with Gasteiger partial charge in [-0.15, -0.1) is 0 Å². The van der Waals surface area contributed by atoms with Crippen molar-refractivity contribution in [1.82, 2.24) is 9.97 Å². The number of nitrogens with one attached hydrogen (secondary N) is 2. The summed E-state index contributed by atoms with van der Waals surface area (Å²) in [7, 11) is 1.49. The van der Waals surface area contributed by atoms with Gasteiger partial charge in [-0.3, -0.25) is 19.9 Å². The maximum absolute atomic E-state index is 11.7. The number of nitro groups is 1. The van der Waals surface area contributed by atoms with Crippen LogP contribution < -0.4 is 20.7 Å². The molecule has 0 saturated carbocycles. The molecule has 0 aliphatic heterocycles. The number of halogens is 2. The van der Waals surface area contributed by atoms with Crippen molar-refractivity contribution in [3.05, 3.63) is 93.1 Å². The third kappa shape index (κ3) is 5.50. The van der Waals surface area contributed by atoms with Crippen LogP contribution in [-0.4, -0.2) is 22.0 Å². The van der Waals surface area contributed by atoms with Gasteiger partial charge in [0.1, 0.15) is 12.3 Å². The molecule has 0 aliphatic rings. The minimum Gasteiger partial charge on any atom is -0.493 e. The van der Waals surface area contributed by atoms with Crippen LogP contribution in [0.15, 0.2) is 54.9 Å². The molecule has 0 atom stereocenters. The van der Waals surface area contributed by atoms with Crippen molar-refractivity contribution in [1.29, 1.82) is 0 Å². The Morgan fingerprint density at radius 3 is 2.45 bits per heavy atom. The van der Waals surface area contributed by atoms with Crippen LogP contribution in [0.1, 0.15) is 16.8 Å². The average molecular weight is 553 g/mol. The monoisotopic (exact) mass is 551 g/mol. The summed E-state index contributed by atoms with van der Waals surface area (Å²) in [6.45, 7) is 0.317. The number of rotatable bonds is 7. The van der Waals surface area contributed by atoms with Gasteiger partial charge in [-0.1, -0.05) is 34.1 Å². The topological polar surface area (TPSA) is 127 Å². The highest BCUT2D eigenvalue weighted by Crippen LogP contribution is 2.37. The lowest BCUT2D eigenvalue weighted by molar-refractivity contribution is -0.386. The highest BCUT2D eigenvalue weighted by atomic mass is 79.9. The largest absolute Gasteiger partial charge is 0.493 e. The lowest BCUT2D eigenvalue weighted by Crippen LogP contribution is -2.25. The molecular weight excluding hydrogens is 538 g/mol. The third-order valence-electron chi connectivity index (χ3n) is 4.12. The molecule has 1 aromatic heterocycles. The molecular formula is C20H15Br2N3O6. The summed E-state index contributed by atoms with van der Waals surface area (Å²) in [5, 5.41) is 11.2. The number of methoxy groups -OCH3 is 1. The first kappa shape index (κ1) is 22.5. The molecule has 0 aliphatic carbocycles. The molecule has 3 rings (SSSR count). The number of aromatic nitrogens is 2. The van der Waals surface area contributed by atoms with Gasteiger partial charge >= 0.3 is 16.9 Å². The second-order valence-corrected chi connectivity index (χ2v) is 7.98. The Morgan fingerprint density at radius 2 is 1.81 bits per heavy atom. The average Bonchev–Trinajstić information content (AvgIpc) is 2.71. The van der Waals surface area contributed by atoms with Gasteiger partial charge < -0.3 is 14.5 Å². The first-order valence-electron chi connectivity index (χ1n) is 8.72. The zero-order valence-electron chi connectivity index (χ0n) is 16.0. The molecule has 1 heterocycles. The fraction of sp³-hybridized carbons (Fsp3) is 0.100. The van der Waals surface area contributed by atoms with Crippen molar-refractivity contribution in [2.75, 3.05) is 7.11 Å². The number of ether oxygens (including phenoxy) is 2. The van der Waals surface area contributed by atoms with Gasteiger partial charge in [-0.25, -0.2) is 4.79 Å². The summed E-state index contributed by atoms with van der Waals surface area (Å²) in [6.07, 6.45) is 2.78. The molecule has 2 aromatic carbocycles. The summed E-state index contributed by atoms with van der Waals surface area (Å²) in [5.41, 5.74) is -1.34. The molecule has 0 radical (unpaired) electrons. The highest BCUT2D eigenvalue weighted by molar-refractivity contribution is 9.10. The molecule has 0 amide bonds. The molecule has 0 fully saturated rings. The number of aromatic amines is 2. The van der Waals surface area contributed by atoms with Crippen molar-refractivity contribution in [2.45, 2.75) is 6.61 Å². The van der Waals surface area contributed by atoms with E-state index in [-0.39, 0.29) is 5.69 Å². The SMILES string of the molecule is COc1cc(/C=C\c2[nH]c(=O)[nH]c(=O)c2[N+](=O)[O-])cc(Br)c1OCc1ccc(Br)cc1. The maximum atomic E-state index is 11.7. The van der Waals surface area contributed by atoms with Crippen LogP contribution in [0.4, 0.5) is 5.69 Å². The van der Waals surface area contributed by atoms with Crippen molar-refractivity contribution >= 4 is 49.7 Å². The minimum absolute atomic E-state index is 0.218. The summed E-state index contributed by atoms with van der Waals surface area (Å²) in [5.74, 6) is 0.915. The lowest BCUT2D eigenvalue weighted by atomic mass is 10.1. The molecule has 0 saturated heterocycles. The van der Waals surface area contributed by atoms with E-state index in [1.807, 2.05) is 29.2 Å². The summed E-state index contributed by atoms with van der Waals surface area (Å²) >= 11 is 6.83. The lowest BCUT2D eigenvalue weighted by Gasteiger charge is -2.14. The molecule has 9 nitrogen and oxygen atoms in total. The molecule has 160 valence electrons. The Morgan fingerprint density at radius 1 is 1.10 bits per heavy atom. The van der Waals surface area contributed by atoms with Crippen LogP contribution in [0.3, 0.4) is 0 Å². The molecule has 3 aromatic rings. The Labute approximate surface area is 192 Å². The van der Waals surface area contributed by atoms with Crippen molar-refractivity contribution in [3.63, 3.8) is 0 Å². The van der Waals surface area contributed by atoms with Gasteiger partial charge in [0.05, 0.1) is 16.5 Å². The maximum Gasteiger partial charge on any atom is 0.357 e. The van der Waals surface area contributed by atoms with Gasteiger partial charge in [-0.2, -0.15) is 0 Å². The van der Waals surface area contributed by atoms with Crippen LogP contribution in [0.25, 0.3) is 12.2 Å². The van der Waals surface area contributed by atoms with Crippen molar-refractivity contribution in [2.24, 2.45) is 0 Å². The van der Waals surface area contributed by atoms with E-state index in [1.54, 1.807) is 12.1 Å². The highest BCUT2D eigenvalue weighted by Gasteiger charge is 2.19. The van der Waals surface area contributed by atoms with Gasteiger partial charge in [0, 0.05) is 4.47 Å². The zero-order chi connectivity index (χ0) is 22.5. The first-order valence-corrected chi connectivity index (χ1v) is 10.3. The number of hydrogen-bond acceptors (Lipinski definition) is 6. The van der Waals surface area contributed by atoms with Crippen LogP contribution in [0.5, 0.6) is 11.5 Å². The van der Waals surface area contributed by atoms with Crippen LogP contribution in [0.2, 0.25) is 0 Å². The number of nitrogens with zero attached hydrogens (tertiary/aromatic N) is 1. The normalized spacial score (nSPS) is 10.9. The number of H-pyrrole nitrogens is 2. The Kier molecular flexibility index (Phi) is 7.08. The predicted molar refractivity (Wildman–Crippen MR) is 122 cm³/mol. The van der Waals surface area contributed by atoms with Crippen molar-refractivity contribution < 1.29 is 14.4 Å². The van der Waals surface area contributed by atoms with Gasteiger partial charge in [0.25, 0.3) is 0 Å². The molecule has 0 bridgehead atoms. The fourth-order valence-electron chi connectivity index (χ4n) is 2.69. The quantitative estimate of drug-likeness (QED) is 0.333. The van der Waals surface area contributed by atoms with Crippen LogP contribution in [0, 0.1) is 10.1 Å². The van der Waals surface area contributed by atoms with E-state index in [2.05, 4.69) is 36.8 Å². The Bertz CT molecular complexity index is 1270. The molecule has 2 N–H and O–H groups in total. The first-order chi connectivity index (χ1) is 14.8. The second kappa shape index (κ2) is 9.75. The predicted octanol–water partition coefficient (Wildman–Crippen LogP) is 4.25. The van der Waals surface area contributed by atoms with E-state index in [0.29, 0.717) is 28.1 Å². The van der Waals surface area contributed by atoms with E-state index in [4.69, 9.17) is 9.47 Å². The molecule has 11 heteroatoms. The van der Waals surface area contributed by atoms with E-state index in [9.17, 15) is 19.7 Å². The van der Waals surface area contributed by atoms with Gasteiger partial charge in [-0.05, 0) is 57.4 Å². The second-order valence-electron chi connectivity index (χ2n) is 6.21. The van der Waals surface area contributed by atoms with E-state index < -0.39 is 21.9 Å². The van der Waals surface area contributed by atoms with Crippen LogP contribution >= 0.6 is 31.9 Å². The van der Waals surface area contributed by atoms with Crippen LogP contribution in [-0.2, 0) is 6.61 Å². The fourth-order valence-corrected chi connectivity index (χ4v) is 3.53. The van der Waals surface area contributed by atoms with E-state index in [1.165, 1.54) is 19.3 Å². The number of benzene rings is 2. The Hall–Kier alpha value is -3.18. The van der Waals surface area contributed by atoms with Gasteiger partial charge in [0.2, 0.25) is 0 Å². The number of hydrogen-bond donors (Lipinski definition) is 2. The summed E-state index contributed by atoms with van der Waals surface area (Å²) in [6, 6.07) is 11.1. The van der Waals surface area contributed by atoms with Crippen molar-refractivity contribution in [3.8, 4) is 11.5 Å². The summed E-state index contributed by atoms with van der Waals surface area (Å²) < 4.78 is 12.9. The molecule has 0 unspecified atom stereocenters. The standard InChI is InChI=1S/C20H15Br2N3O6/c1-30-16-9-12(4-7-15-17(25(28)29)19(26)24-20(27)23-15)8-14(22)18(16)31-10-11-2-5-13(21)6-3-11/h2-9H,10H2,1H3,(H2,23,24,26,27)/b7-4-.